The van der Waals surface area contributed by atoms with Crippen LogP contribution in [0.3, 0.4) is 0 Å². The van der Waals surface area contributed by atoms with Gasteiger partial charge in [-0.2, -0.15) is 10.4 Å². The van der Waals surface area contributed by atoms with Crippen molar-refractivity contribution in [2.45, 2.75) is 19.3 Å². The van der Waals surface area contributed by atoms with Crippen molar-refractivity contribution in [3.8, 4) is 28.9 Å². The smallest absolute Gasteiger partial charge is 0.181 e. The third-order valence-corrected chi connectivity index (χ3v) is 6.47. The van der Waals surface area contributed by atoms with Crippen molar-refractivity contribution in [3.05, 3.63) is 66.4 Å². The van der Waals surface area contributed by atoms with Crippen molar-refractivity contribution < 1.29 is 9.53 Å². The highest BCUT2D eigenvalue weighted by atomic mass is 16.5. The highest BCUT2D eigenvalue weighted by Crippen LogP contribution is 2.54. The Morgan fingerprint density at radius 2 is 2.03 bits per heavy atom. The van der Waals surface area contributed by atoms with E-state index in [9.17, 15) is 10.1 Å². The van der Waals surface area contributed by atoms with Gasteiger partial charge >= 0.3 is 0 Å². The molecule has 5 rings (SSSR count). The molecule has 0 bridgehead atoms. The molecule has 2 atom stereocenters. The second-order valence-corrected chi connectivity index (χ2v) is 8.26. The lowest BCUT2D eigenvalue weighted by atomic mass is 9.60. The Kier molecular flexibility index (Phi) is 4.51. The fraction of sp³-hybridized carbons (Fsp3) is 0.292. The van der Waals surface area contributed by atoms with Crippen LogP contribution in [-0.4, -0.2) is 34.0 Å². The van der Waals surface area contributed by atoms with Gasteiger partial charge in [-0.1, -0.05) is 30.3 Å². The monoisotopic (exact) mass is 398 g/mol. The Hall–Kier alpha value is -3.59. The molecule has 1 aliphatic heterocycles. The minimum absolute atomic E-state index is 0.0492. The molecule has 1 aliphatic carbocycles. The van der Waals surface area contributed by atoms with Crippen molar-refractivity contribution in [1.82, 2.24) is 15.1 Å². The first-order valence-corrected chi connectivity index (χ1v) is 10.2. The third kappa shape index (κ3) is 3.22. The van der Waals surface area contributed by atoms with Crippen LogP contribution in [0.15, 0.2) is 60.7 Å². The van der Waals surface area contributed by atoms with E-state index < -0.39 is 0 Å². The van der Waals surface area contributed by atoms with Crippen LogP contribution >= 0.6 is 0 Å². The molecule has 150 valence electrons. The topological polar surface area (TPSA) is 82.0 Å². The Bertz CT molecular complexity index is 1120. The number of rotatable bonds is 6. The van der Waals surface area contributed by atoms with Gasteiger partial charge < -0.3 is 9.64 Å². The number of fused-ring (bicyclic) bond motifs is 1. The number of aromatic amines is 1. The Morgan fingerprint density at radius 1 is 1.23 bits per heavy atom. The van der Waals surface area contributed by atoms with Crippen LogP contribution in [0.4, 0.5) is 0 Å². The largest absolute Gasteiger partial charge is 0.457 e. The molecule has 3 aromatic rings. The first-order chi connectivity index (χ1) is 14.7. The maximum absolute atomic E-state index is 13.0. The van der Waals surface area contributed by atoms with E-state index in [-0.39, 0.29) is 11.2 Å². The van der Waals surface area contributed by atoms with Gasteiger partial charge in [0.1, 0.15) is 17.2 Å². The molecule has 6 nitrogen and oxygen atoms in total. The van der Waals surface area contributed by atoms with Gasteiger partial charge in [-0.3, -0.25) is 9.89 Å². The van der Waals surface area contributed by atoms with E-state index in [4.69, 9.17) is 4.74 Å². The number of nitrogens with zero attached hydrogens (tertiary/aromatic N) is 3. The Balaban J connectivity index is 1.35. The zero-order chi connectivity index (χ0) is 20.6. The summed E-state index contributed by atoms with van der Waals surface area (Å²) in [4.78, 5) is 14.8. The number of nitrogens with one attached hydrogen (secondary N) is 1. The molecule has 0 radical (unpaired) electrons. The van der Waals surface area contributed by atoms with Crippen LogP contribution < -0.4 is 4.74 Å². The van der Waals surface area contributed by atoms with E-state index in [1.54, 1.807) is 11.0 Å². The summed E-state index contributed by atoms with van der Waals surface area (Å²) in [5.41, 5.74) is 1.97. The number of likely N-dealkylation sites (tertiary alicyclic amines) is 1. The van der Waals surface area contributed by atoms with E-state index >= 15 is 0 Å². The SMILES string of the molecule is N#CN1C[C@H]2CC[C@@]2(CC(=O)c2cc(-c3ccccc3Oc3ccccc3)n[nH]2)C1. The highest BCUT2D eigenvalue weighted by Gasteiger charge is 2.53. The molecule has 0 spiro atoms. The number of H-pyrrole nitrogens is 1. The molecule has 6 heteroatoms. The van der Waals surface area contributed by atoms with E-state index in [0.29, 0.717) is 36.0 Å². The molecule has 0 unspecified atom stereocenters. The average molecular weight is 398 g/mol. The number of nitriles is 1. The van der Waals surface area contributed by atoms with E-state index in [1.807, 2.05) is 54.6 Å². The molecular formula is C24H22N4O2. The lowest BCUT2D eigenvalue weighted by molar-refractivity contribution is 0.0581. The van der Waals surface area contributed by atoms with Crippen molar-refractivity contribution in [1.29, 1.82) is 5.26 Å². The predicted molar refractivity (Wildman–Crippen MR) is 112 cm³/mol. The summed E-state index contributed by atoms with van der Waals surface area (Å²) in [7, 11) is 0. The zero-order valence-corrected chi connectivity index (χ0v) is 16.5. The maximum atomic E-state index is 13.0. The number of aromatic nitrogens is 2. The number of hydrogen-bond donors (Lipinski definition) is 1. The minimum atomic E-state index is -0.0492. The molecule has 1 aromatic heterocycles. The standard InChI is InChI=1S/C24H22N4O2/c25-16-28-14-17-10-11-24(17,15-28)13-22(29)21-12-20(26-27-21)19-8-4-5-9-23(19)30-18-6-2-1-3-7-18/h1-9,12,17H,10-11,13-15H2,(H,26,27)/t17-,24-/m1/s1. The quantitative estimate of drug-likeness (QED) is 0.483. The molecule has 1 saturated carbocycles. The first kappa shape index (κ1) is 18.4. The number of ether oxygens (including phenoxy) is 1. The van der Waals surface area contributed by atoms with Crippen LogP contribution in [0.1, 0.15) is 29.8 Å². The van der Waals surface area contributed by atoms with E-state index in [1.165, 1.54) is 0 Å². The van der Waals surface area contributed by atoms with E-state index in [0.717, 1.165) is 30.7 Å². The minimum Gasteiger partial charge on any atom is -0.457 e. The summed E-state index contributed by atoms with van der Waals surface area (Å²) in [6.45, 7) is 1.47. The van der Waals surface area contributed by atoms with Gasteiger partial charge in [-0.25, -0.2) is 0 Å². The number of ketones is 1. The molecule has 1 N–H and O–H groups in total. The average Bonchev–Trinajstić information content (AvgIpc) is 3.34. The number of Topliss-reactive ketones (excluding diaryl/α,β-unsaturated/α-hetero) is 1. The van der Waals surface area contributed by atoms with Gasteiger partial charge in [0.2, 0.25) is 0 Å². The van der Waals surface area contributed by atoms with Crippen LogP contribution in [0.2, 0.25) is 0 Å². The van der Waals surface area contributed by atoms with Crippen LogP contribution in [0.5, 0.6) is 11.5 Å². The molecule has 2 aliphatic rings. The number of carbonyl (C=O) groups is 1. The van der Waals surface area contributed by atoms with Gasteiger partial charge in [0.05, 0.1) is 5.69 Å². The van der Waals surface area contributed by atoms with Gasteiger partial charge in [0.25, 0.3) is 0 Å². The lowest BCUT2D eigenvalue weighted by Crippen LogP contribution is -2.41. The fourth-order valence-electron chi connectivity index (χ4n) is 4.73. The second-order valence-electron chi connectivity index (χ2n) is 8.26. The molecular weight excluding hydrogens is 376 g/mol. The second kappa shape index (κ2) is 7.34. The number of carbonyl (C=O) groups excluding carboxylic acids is 1. The summed E-state index contributed by atoms with van der Waals surface area (Å²) in [5.74, 6) is 1.94. The summed E-state index contributed by atoms with van der Waals surface area (Å²) in [6.07, 6.45) is 4.81. The molecule has 1 saturated heterocycles. The molecule has 2 aromatic carbocycles. The normalized spacial score (nSPS) is 22.1. The molecule has 2 fully saturated rings. The zero-order valence-electron chi connectivity index (χ0n) is 16.5. The summed E-state index contributed by atoms with van der Waals surface area (Å²) in [5, 5.41) is 16.5. The highest BCUT2D eigenvalue weighted by molar-refractivity contribution is 5.96. The van der Waals surface area contributed by atoms with Crippen LogP contribution in [0, 0.1) is 22.8 Å². The summed E-state index contributed by atoms with van der Waals surface area (Å²) < 4.78 is 6.03. The summed E-state index contributed by atoms with van der Waals surface area (Å²) >= 11 is 0. The van der Waals surface area contributed by atoms with Crippen molar-refractivity contribution in [2.24, 2.45) is 11.3 Å². The third-order valence-electron chi connectivity index (χ3n) is 6.47. The van der Waals surface area contributed by atoms with Crippen LogP contribution in [-0.2, 0) is 0 Å². The molecule has 30 heavy (non-hydrogen) atoms. The Morgan fingerprint density at radius 3 is 2.80 bits per heavy atom. The van der Waals surface area contributed by atoms with Gasteiger partial charge in [-0.05, 0) is 49.1 Å². The number of benzene rings is 2. The van der Waals surface area contributed by atoms with Gasteiger partial charge in [-0.15, -0.1) is 0 Å². The predicted octanol–water partition coefficient (Wildman–Crippen LogP) is 4.63. The fourth-order valence-corrected chi connectivity index (χ4v) is 4.73. The molecule has 0 amide bonds. The Labute approximate surface area is 175 Å². The van der Waals surface area contributed by atoms with Gasteiger partial charge in [0, 0.05) is 30.5 Å². The van der Waals surface area contributed by atoms with Crippen LogP contribution in [0.25, 0.3) is 11.3 Å². The van der Waals surface area contributed by atoms with E-state index in [2.05, 4.69) is 16.4 Å². The molecule has 2 heterocycles. The van der Waals surface area contributed by atoms with Crippen molar-refractivity contribution in [2.75, 3.05) is 13.1 Å². The maximum Gasteiger partial charge on any atom is 0.181 e. The van der Waals surface area contributed by atoms with Crippen molar-refractivity contribution >= 4 is 5.78 Å². The number of para-hydroxylation sites is 2. The summed E-state index contributed by atoms with van der Waals surface area (Å²) in [6, 6.07) is 19.1. The lowest BCUT2D eigenvalue weighted by Gasteiger charge is -2.43. The van der Waals surface area contributed by atoms with Gasteiger partial charge in [0.15, 0.2) is 12.0 Å². The first-order valence-electron chi connectivity index (χ1n) is 10.2. The number of hydrogen-bond acceptors (Lipinski definition) is 5. The van der Waals surface area contributed by atoms with Crippen molar-refractivity contribution in [3.63, 3.8) is 0 Å².